The second kappa shape index (κ2) is 4.86. The Balaban J connectivity index is 1.91. The molecule has 0 radical (unpaired) electrons. The number of nitrogens with zero attached hydrogens (tertiary/aromatic N) is 2. The number of hydrogen-bond donors (Lipinski definition) is 1. The fraction of sp³-hybridized carbons (Fsp3) is 0.400. The van der Waals surface area contributed by atoms with Gasteiger partial charge in [-0.15, -0.1) is 0 Å². The monoisotopic (exact) mass is 207 g/mol. The Hall–Kier alpha value is -1.46. The highest BCUT2D eigenvalue weighted by atomic mass is 16.5. The third-order valence-corrected chi connectivity index (χ3v) is 2.17. The highest BCUT2D eigenvalue weighted by Crippen LogP contribution is 1.96. The molecule has 1 amide bonds. The highest BCUT2D eigenvalue weighted by Gasteiger charge is 2.14. The summed E-state index contributed by atoms with van der Waals surface area (Å²) in [5.41, 5.74) is 3.22. The van der Waals surface area contributed by atoms with Gasteiger partial charge in [-0.05, 0) is 12.1 Å². The normalized spacial score (nSPS) is 17.3. The van der Waals surface area contributed by atoms with Gasteiger partial charge >= 0.3 is 0 Å². The molecule has 1 aromatic rings. The van der Waals surface area contributed by atoms with E-state index < -0.39 is 0 Å². The number of carbonyl (C=O) groups excluding carboxylic acids is 1. The zero-order valence-corrected chi connectivity index (χ0v) is 8.35. The van der Waals surface area contributed by atoms with Crippen LogP contribution in [0.5, 0.6) is 0 Å². The summed E-state index contributed by atoms with van der Waals surface area (Å²) in [6, 6.07) is 5.27. The fourth-order valence-electron chi connectivity index (χ4n) is 1.37. The minimum atomic E-state index is -0.169. The molecule has 5 nitrogen and oxygen atoms in total. The third kappa shape index (κ3) is 2.74. The van der Waals surface area contributed by atoms with Crippen molar-refractivity contribution >= 4 is 5.91 Å². The standard InChI is InChI=1S/C10H13N3O2/c14-10(9-3-1-2-4-11-9)12-13-5-7-15-8-6-13/h1-4H,5-8H2,(H,12,14). The topological polar surface area (TPSA) is 54.5 Å². The quantitative estimate of drug-likeness (QED) is 0.745. The van der Waals surface area contributed by atoms with E-state index in [0.717, 1.165) is 13.1 Å². The molecular formula is C10H13N3O2. The lowest BCUT2D eigenvalue weighted by Gasteiger charge is -2.26. The van der Waals surface area contributed by atoms with Gasteiger partial charge in [0.1, 0.15) is 5.69 Å². The molecule has 0 atom stereocenters. The van der Waals surface area contributed by atoms with Gasteiger partial charge in [-0.3, -0.25) is 15.2 Å². The van der Waals surface area contributed by atoms with E-state index in [0.29, 0.717) is 18.9 Å². The number of aromatic nitrogens is 1. The average molecular weight is 207 g/mol. The van der Waals surface area contributed by atoms with Crippen molar-refractivity contribution in [1.82, 2.24) is 15.4 Å². The van der Waals surface area contributed by atoms with E-state index in [1.165, 1.54) is 0 Å². The van der Waals surface area contributed by atoms with Crippen molar-refractivity contribution < 1.29 is 9.53 Å². The van der Waals surface area contributed by atoms with E-state index in [9.17, 15) is 4.79 Å². The number of pyridine rings is 1. The first-order valence-corrected chi connectivity index (χ1v) is 4.91. The predicted octanol–water partition coefficient (Wildman–Crippen LogP) is 0.0586. The van der Waals surface area contributed by atoms with E-state index in [1.54, 1.807) is 24.4 Å². The predicted molar refractivity (Wildman–Crippen MR) is 54.1 cm³/mol. The summed E-state index contributed by atoms with van der Waals surface area (Å²) in [7, 11) is 0. The zero-order valence-electron chi connectivity index (χ0n) is 8.35. The Bertz CT molecular complexity index is 323. The van der Waals surface area contributed by atoms with Crippen molar-refractivity contribution in [3.63, 3.8) is 0 Å². The lowest BCUT2D eigenvalue weighted by Crippen LogP contribution is -2.48. The van der Waals surface area contributed by atoms with Gasteiger partial charge in [0, 0.05) is 19.3 Å². The fourth-order valence-corrected chi connectivity index (χ4v) is 1.37. The molecule has 2 rings (SSSR count). The Morgan fingerprint density at radius 3 is 2.87 bits per heavy atom. The second-order valence-corrected chi connectivity index (χ2v) is 3.26. The smallest absolute Gasteiger partial charge is 0.284 e. The van der Waals surface area contributed by atoms with Crippen LogP contribution in [0.1, 0.15) is 10.5 Å². The van der Waals surface area contributed by atoms with Gasteiger partial charge in [0.15, 0.2) is 0 Å². The van der Waals surface area contributed by atoms with Crippen LogP contribution < -0.4 is 5.43 Å². The van der Waals surface area contributed by atoms with Crippen LogP contribution in [0.3, 0.4) is 0 Å². The van der Waals surface area contributed by atoms with Crippen molar-refractivity contribution in [3.05, 3.63) is 30.1 Å². The minimum absolute atomic E-state index is 0.169. The summed E-state index contributed by atoms with van der Waals surface area (Å²) in [5, 5.41) is 1.85. The molecule has 1 fully saturated rings. The minimum Gasteiger partial charge on any atom is -0.379 e. The van der Waals surface area contributed by atoms with Crippen molar-refractivity contribution in [1.29, 1.82) is 0 Å². The molecule has 0 aliphatic carbocycles. The van der Waals surface area contributed by atoms with E-state index in [1.807, 2.05) is 5.01 Å². The molecular weight excluding hydrogens is 194 g/mol. The summed E-state index contributed by atoms with van der Waals surface area (Å²) < 4.78 is 5.18. The lowest BCUT2D eigenvalue weighted by atomic mass is 10.3. The Kier molecular flexibility index (Phi) is 3.26. The molecule has 1 aromatic heterocycles. The second-order valence-electron chi connectivity index (χ2n) is 3.26. The number of rotatable bonds is 2. The molecule has 5 heteroatoms. The Morgan fingerprint density at radius 2 is 2.20 bits per heavy atom. The molecule has 0 aromatic carbocycles. The number of carbonyl (C=O) groups is 1. The van der Waals surface area contributed by atoms with Crippen LogP contribution in [0.15, 0.2) is 24.4 Å². The van der Waals surface area contributed by atoms with Crippen LogP contribution in [-0.2, 0) is 4.74 Å². The van der Waals surface area contributed by atoms with Gasteiger partial charge in [-0.25, -0.2) is 5.01 Å². The van der Waals surface area contributed by atoms with Crippen LogP contribution in [-0.4, -0.2) is 42.2 Å². The number of nitrogens with one attached hydrogen (secondary N) is 1. The van der Waals surface area contributed by atoms with Crippen LogP contribution >= 0.6 is 0 Å². The number of amides is 1. The first kappa shape index (κ1) is 10.1. The van der Waals surface area contributed by atoms with Crippen LogP contribution in [0, 0.1) is 0 Å². The Labute approximate surface area is 88.0 Å². The van der Waals surface area contributed by atoms with Gasteiger partial charge < -0.3 is 4.74 Å². The Morgan fingerprint density at radius 1 is 1.40 bits per heavy atom. The van der Waals surface area contributed by atoms with E-state index in [2.05, 4.69) is 10.4 Å². The third-order valence-electron chi connectivity index (χ3n) is 2.17. The molecule has 0 saturated carbocycles. The van der Waals surface area contributed by atoms with Crippen LogP contribution in [0.4, 0.5) is 0 Å². The average Bonchev–Trinajstić information content (AvgIpc) is 2.31. The first-order valence-electron chi connectivity index (χ1n) is 4.91. The maximum absolute atomic E-state index is 11.7. The number of hydrazine groups is 1. The summed E-state index contributed by atoms with van der Waals surface area (Å²) in [6.07, 6.45) is 1.61. The lowest BCUT2D eigenvalue weighted by molar-refractivity contribution is 0.0124. The summed E-state index contributed by atoms with van der Waals surface area (Å²) in [4.78, 5) is 15.6. The van der Waals surface area contributed by atoms with Crippen LogP contribution in [0.25, 0.3) is 0 Å². The SMILES string of the molecule is O=C(NN1CCOCC1)c1ccccn1. The first-order chi connectivity index (χ1) is 7.36. The highest BCUT2D eigenvalue weighted by molar-refractivity contribution is 5.91. The molecule has 1 aliphatic rings. The van der Waals surface area contributed by atoms with Crippen molar-refractivity contribution in [3.8, 4) is 0 Å². The van der Waals surface area contributed by atoms with Gasteiger partial charge in [0.05, 0.1) is 13.2 Å². The number of hydrogen-bond acceptors (Lipinski definition) is 4. The number of morpholine rings is 1. The molecule has 2 heterocycles. The maximum atomic E-state index is 11.7. The molecule has 1 aliphatic heterocycles. The van der Waals surface area contributed by atoms with Crippen molar-refractivity contribution in [2.24, 2.45) is 0 Å². The van der Waals surface area contributed by atoms with Gasteiger partial charge in [-0.1, -0.05) is 6.07 Å². The van der Waals surface area contributed by atoms with E-state index in [-0.39, 0.29) is 5.91 Å². The molecule has 0 bridgehead atoms. The van der Waals surface area contributed by atoms with Crippen molar-refractivity contribution in [2.45, 2.75) is 0 Å². The zero-order chi connectivity index (χ0) is 10.5. The molecule has 15 heavy (non-hydrogen) atoms. The van der Waals surface area contributed by atoms with Gasteiger partial charge in [-0.2, -0.15) is 0 Å². The molecule has 1 N–H and O–H groups in total. The van der Waals surface area contributed by atoms with E-state index in [4.69, 9.17) is 4.74 Å². The number of ether oxygens (including phenoxy) is 1. The molecule has 0 spiro atoms. The summed E-state index contributed by atoms with van der Waals surface area (Å²) >= 11 is 0. The molecule has 1 saturated heterocycles. The molecule has 0 unspecified atom stereocenters. The maximum Gasteiger partial charge on any atom is 0.284 e. The summed E-state index contributed by atoms with van der Waals surface area (Å²) in [5.74, 6) is -0.169. The molecule has 80 valence electrons. The van der Waals surface area contributed by atoms with Crippen LogP contribution in [0.2, 0.25) is 0 Å². The van der Waals surface area contributed by atoms with Gasteiger partial charge in [0.25, 0.3) is 5.91 Å². The van der Waals surface area contributed by atoms with Gasteiger partial charge in [0.2, 0.25) is 0 Å². The van der Waals surface area contributed by atoms with E-state index >= 15 is 0 Å². The van der Waals surface area contributed by atoms with Crippen molar-refractivity contribution in [2.75, 3.05) is 26.3 Å². The largest absolute Gasteiger partial charge is 0.379 e. The summed E-state index contributed by atoms with van der Waals surface area (Å²) in [6.45, 7) is 2.75.